The van der Waals surface area contributed by atoms with Crippen LogP contribution in [0.5, 0.6) is 0 Å². The first-order valence-electron chi connectivity index (χ1n) is 6.20. The molecule has 6 heteroatoms. The molecule has 1 saturated heterocycles. The molecule has 1 heterocycles. The second kappa shape index (κ2) is 4.74. The van der Waals surface area contributed by atoms with Crippen molar-refractivity contribution in [3.05, 3.63) is 0 Å². The molecular weight excluding hydrogens is 231 g/mol. The average molecular weight is 251 g/mol. The van der Waals surface area contributed by atoms with Crippen molar-refractivity contribution in [2.24, 2.45) is 5.73 Å². The van der Waals surface area contributed by atoms with Crippen LogP contribution >= 0.6 is 0 Å². The van der Waals surface area contributed by atoms with E-state index >= 15 is 0 Å². The van der Waals surface area contributed by atoms with Crippen molar-refractivity contribution in [3.8, 4) is 0 Å². The fourth-order valence-corrected chi connectivity index (χ4v) is 2.66. The Hall–Kier alpha value is -0.330. The summed E-state index contributed by atoms with van der Waals surface area (Å²) in [6.07, 6.45) is -1.82. The van der Waals surface area contributed by atoms with Crippen molar-refractivity contribution in [3.63, 3.8) is 0 Å². The number of rotatable bonds is 3. The molecule has 0 aromatic heterocycles. The lowest BCUT2D eigenvalue weighted by Gasteiger charge is -2.41. The van der Waals surface area contributed by atoms with Gasteiger partial charge in [0.05, 0.1) is 0 Å². The van der Waals surface area contributed by atoms with Gasteiger partial charge in [-0.05, 0) is 19.8 Å². The molecule has 2 rings (SSSR count). The highest BCUT2D eigenvalue weighted by Gasteiger charge is 2.47. The van der Waals surface area contributed by atoms with Gasteiger partial charge in [0.1, 0.15) is 6.04 Å². The van der Waals surface area contributed by atoms with Crippen molar-refractivity contribution in [2.75, 3.05) is 26.2 Å². The number of hydrogen-bond acceptors (Lipinski definition) is 3. The standard InChI is InChI=1S/C11H20F3N3/c1-8(15)10(11(12,13)14)17-6-4-16(5-7-17)9-2-3-9/h8-10H,2-7,15H2,1H3. The van der Waals surface area contributed by atoms with Gasteiger partial charge in [-0.3, -0.25) is 9.80 Å². The van der Waals surface area contributed by atoms with Gasteiger partial charge >= 0.3 is 6.18 Å². The van der Waals surface area contributed by atoms with Crippen LogP contribution in [0, 0.1) is 0 Å². The molecule has 0 bridgehead atoms. The molecule has 1 saturated carbocycles. The Bertz CT molecular complexity index is 255. The van der Waals surface area contributed by atoms with E-state index in [1.165, 1.54) is 24.7 Å². The first-order valence-corrected chi connectivity index (χ1v) is 6.20. The molecule has 0 aromatic carbocycles. The molecule has 2 unspecified atom stereocenters. The number of piperazine rings is 1. The van der Waals surface area contributed by atoms with Crippen LogP contribution in [0.4, 0.5) is 13.2 Å². The number of nitrogens with zero attached hydrogens (tertiary/aromatic N) is 2. The largest absolute Gasteiger partial charge is 0.405 e. The predicted octanol–water partition coefficient (Wildman–Crippen LogP) is 1.04. The van der Waals surface area contributed by atoms with Crippen LogP contribution in [0.25, 0.3) is 0 Å². The van der Waals surface area contributed by atoms with E-state index in [1.807, 2.05) is 0 Å². The first-order chi connectivity index (χ1) is 7.89. The van der Waals surface area contributed by atoms with Gasteiger partial charge in [0, 0.05) is 38.3 Å². The summed E-state index contributed by atoms with van der Waals surface area (Å²) in [5.74, 6) is 0. The highest BCUT2D eigenvalue weighted by atomic mass is 19.4. The van der Waals surface area contributed by atoms with Crippen molar-refractivity contribution in [2.45, 2.75) is 44.1 Å². The van der Waals surface area contributed by atoms with E-state index in [1.54, 1.807) is 0 Å². The zero-order valence-corrected chi connectivity index (χ0v) is 10.1. The molecular formula is C11H20F3N3. The van der Waals surface area contributed by atoms with Gasteiger partial charge < -0.3 is 5.73 Å². The van der Waals surface area contributed by atoms with E-state index < -0.39 is 18.3 Å². The third kappa shape index (κ3) is 3.11. The zero-order chi connectivity index (χ0) is 12.6. The van der Waals surface area contributed by atoms with Gasteiger partial charge in [-0.2, -0.15) is 13.2 Å². The van der Waals surface area contributed by atoms with Crippen LogP contribution in [-0.4, -0.2) is 60.3 Å². The molecule has 3 nitrogen and oxygen atoms in total. The highest BCUT2D eigenvalue weighted by molar-refractivity contribution is 4.92. The van der Waals surface area contributed by atoms with Crippen LogP contribution in [0.1, 0.15) is 19.8 Å². The molecule has 1 aliphatic carbocycles. The summed E-state index contributed by atoms with van der Waals surface area (Å²) in [5.41, 5.74) is 5.49. The first kappa shape index (κ1) is 13.1. The quantitative estimate of drug-likeness (QED) is 0.813. The lowest BCUT2D eigenvalue weighted by molar-refractivity contribution is -0.192. The second-order valence-corrected chi connectivity index (χ2v) is 5.15. The minimum absolute atomic E-state index is 0.474. The number of halogens is 3. The van der Waals surface area contributed by atoms with Crippen LogP contribution in [0.2, 0.25) is 0 Å². The number of alkyl halides is 3. The van der Waals surface area contributed by atoms with E-state index in [9.17, 15) is 13.2 Å². The lowest BCUT2D eigenvalue weighted by atomic mass is 10.1. The van der Waals surface area contributed by atoms with E-state index in [0.717, 1.165) is 13.1 Å². The normalized spacial score (nSPS) is 28.1. The predicted molar refractivity (Wildman–Crippen MR) is 59.7 cm³/mol. The molecule has 1 aliphatic heterocycles. The number of nitrogens with two attached hydrogens (primary N) is 1. The Balaban J connectivity index is 1.92. The van der Waals surface area contributed by atoms with E-state index in [0.29, 0.717) is 19.1 Å². The van der Waals surface area contributed by atoms with Crippen molar-refractivity contribution in [1.82, 2.24) is 9.80 Å². The Morgan fingerprint density at radius 1 is 1.12 bits per heavy atom. The minimum Gasteiger partial charge on any atom is -0.326 e. The lowest BCUT2D eigenvalue weighted by Crippen LogP contribution is -2.60. The van der Waals surface area contributed by atoms with Gasteiger partial charge in [0.25, 0.3) is 0 Å². The molecule has 0 amide bonds. The third-order valence-corrected chi connectivity index (χ3v) is 3.64. The van der Waals surface area contributed by atoms with E-state index in [2.05, 4.69) is 4.90 Å². The maximum Gasteiger partial charge on any atom is 0.405 e. The monoisotopic (exact) mass is 251 g/mol. The second-order valence-electron chi connectivity index (χ2n) is 5.15. The molecule has 2 atom stereocenters. The van der Waals surface area contributed by atoms with Crippen LogP contribution in [0.3, 0.4) is 0 Å². The molecule has 0 spiro atoms. The molecule has 2 N–H and O–H groups in total. The molecule has 0 aromatic rings. The molecule has 100 valence electrons. The average Bonchev–Trinajstić information content (AvgIpc) is 2.99. The van der Waals surface area contributed by atoms with E-state index in [4.69, 9.17) is 5.73 Å². The molecule has 2 aliphatic rings. The van der Waals surface area contributed by atoms with Gasteiger partial charge in [-0.15, -0.1) is 0 Å². The summed E-state index contributed by atoms with van der Waals surface area (Å²) < 4.78 is 38.7. The van der Waals surface area contributed by atoms with Crippen molar-refractivity contribution >= 4 is 0 Å². The summed E-state index contributed by atoms with van der Waals surface area (Å²) in [5, 5.41) is 0. The van der Waals surface area contributed by atoms with Crippen molar-refractivity contribution < 1.29 is 13.2 Å². The van der Waals surface area contributed by atoms with Gasteiger partial charge in [-0.25, -0.2) is 0 Å². The summed E-state index contributed by atoms with van der Waals surface area (Å²) in [4.78, 5) is 3.79. The SMILES string of the molecule is CC(N)C(N1CCN(C2CC2)CC1)C(F)(F)F. The molecule has 2 fully saturated rings. The summed E-state index contributed by atoms with van der Waals surface area (Å²) in [7, 11) is 0. The van der Waals surface area contributed by atoms with Crippen molar-refractivity contribution in [1.29, 1.82) is 0 Å². The van der Waals surface area contributed by atoms with Crippen LogP contribution in [-0.2, 0) is 0 Å². The Morgan fingerprint density at radius 3 is 2.00 bits per heavy atom. The summed E-state index contributed by atoms with van der Waals surface area (Å²) in [6.45, 7) is 3.86. The Kier molecular flexibility index (Phi) is 3.66. The van der Waals surface area contributed by atoms with Gasteiger partial charge in [0.15, 0.2) is 0 Å². The van der Waals surface area contributed by atoms with Gasteiger partial charge in [-0.1, -0.05) is 0 Å². The van der Waals surface area contributed by atoms with E-state index in [-0.39, 0.29) is 0 Å². The Morgan fingerprint density at radius 2 is 1.65 bits per heavy atom. The van der Waals surface area contributed by atoms with Crippen LogP contribution < -0.4 is 5.73 Å². The van der Waals surface area contributed by atoms with Gasteiger partial charge in [0.2, 0.25) is 0 Å². The minimum atomic E-state index is -4.23. The smallest absolute Gasteiger partial charge is 0.326 e. The highest BCUT2D eigenvalue weighted by Crippen LogP contribution is 2.31. The maximum absolute atomic E-state index is 12.9. The third-order valence-electron chi connectivity index (χ3n) is 3.64. The molecule has 0 radical (unpaired) electrons. The Labute approximate surface area is 99.7 Å². The molecule has 17 heavy (non-hydrogen) atoms. The topological polar surface area (TPSA) is 32.5 Å². The fraction of sp³-hybridized carbons (Fsp3) is 1.00. The number of hydrogen-bond donors (Lipinski definition) is 1. The maximum atomic E-state index is 12.9. The summed E-state index contributed by atoms with van der Waals surface area (Å²) in [6, 6.07) is -1.73. The zero-order valence-electron chi connectivity index (χ0n) is 10.1. The van der Waals surface area contributed by atoms with Crippen LogP contribution in [0.15, 0.2) is 0 Å². The summed E-state index contributed by atoms with van der Waals surface area (Å²) >= 11 is 0. The fourth-order valence-electron chi connectivity index (χ4n) is 2.66.